The number of para-hydroxylation sites is 1. The second kappa shape index (κ2) is 5.82. The SMILES string of the molecule is COc1ccccc1C(=O)COCCC1CC1. The van der Waals surface area contributed by atoms with Gasteiger partial charge in [-0.25, -0.2) is 0 Å². The summed E-state index contributed by atoms with van der Waals surface area (Å²) in [5.74, 6) is 1.44. The van der Waals surface area contributed by atoms with Crippen LogP contribution >= 0.6 is 0 Å². The third kappa shape index (κ3) is 3.56. The van der Waals surface area contributed by atoms with Crippen molar-refractivity contribution in [2.24, 2.45) is 5.92 Å². The molecule has 0 aliphatic heterocycles. The molecule has 0 N–H and O–H groups in total. The molecule has 3 nitrogen and oxygen atoms in total. The maximum atomic E-state index is 11.9. The lowest BCUT2D eigenvalue weighted by molar-refractivity contribution is 0.0746. The van der Waals surface area contributed by atoms with E-state index in [-0.39, 0.29) is 12.4 Å². The number of benzene rings is 1. The van der Waals surface area contributed by atoms with E-state index < -0.39 is 0 Å². The van der Waals surface area contributed by atoms with Crippen LogP contribution in [0.15, 0.2) is 24.3 Å². The average Bonchev–Trinajstić information content (AvgIpc) is 3.18. The maximum Gasteiger partial charge on any atom is 0.192 e. The highest BCUT2D eigenvalue weighted by atomic mass is 16.5. The summed E-state index contributed by atoms with van der Waals surface area (Å²) in [6.45, 7) is 0.832. The van der Waals surface area contributed by atoms with Gasteiger partial charge < -0.3 is 9.47 Å². The van der Waals surface area contributed by atoms with Gasteiger partial charge >= 0.3 is 0 Å². The number of hydrogen-bond donors (Lipinski definition) is 0. The number of methoxy groups -OCH3 is 1. The lowest BCUT2D eigenvalue weighted by Crippen LogP contribution is -2.11. The summed E-state index contributed by atoms with van der Waals surface area (Å²) in [6, 6.07) is 7.24. The standard InChI is InChI=1S/C14H18O3/c1-16-14-5-3-2-4-12(14)13(15)10-17-9-8-11-6-7-11/h2-5,11H,6-10H2,1H3. The molecule has 0 unspecified atom stereocenters. The Morgan fingerprint density at radius 2 is 2.12 bits per heavy atom. The lowest BCUT2D eigenvalue weighted by atomic mass is 10.1. The minimum Gasteiger partial charge on any atom is -0.496 e. The molecule has 0 bridgehead atoms. The van der Waals surface area contributed by atoms with Crippen LogP contribution in [-0.4, -0.2) is 26.1 Å². The van der Waals surface area contributed by atoms with Crippen molar-refractivity contribution >= 4 is 5.78 Å². The largest absolute Gasteiger partial charge is 0.496 e. The van der Waals surface area contributed by atoms with Crippen molar-refractivity contribution in [3.63, 3.8) is 0 Å². The molecule has 1 aromatic carbocycles. The van der Waals surface area contributed by atoms with Gasteiger partial charge in [0.2, 0.25) is 0 Å². The van der Waals surface area contributed by atoms with E-state index in [1.54, 1.807) is 19.2 Å². The average molecular weight is 234 g/mol. The van der Waals surface area contributed by atoms with Crippen LogP contribution in [0, 0.1) is 5.92 Å². The topological polar surface area (TPSA) is 35.5 Å². The molecule has 0 aromatic heterocycles. The van der Waals surface area contributed by atoms with Gasteiger partial charge in [0.15, 0.2) is 5.78 Å². The molecule has 1 aromatic rings. The second-order valence-electron chi connectivity index (χ2n) is 4.41. The van der Waals surface area contributed by atoms with E-state index >= 15 is 0 Å². The first-order chi connectivity index (χ1) is 8.31. The maximum absolute atomic E-state index is 11.9. The molecule has 1 aliphatic carbocycles. The van der Waals surface area contributed by atoms with Crippen molar-refractivity contribution < 1.29 is 14.3 Å². The van der Waals surface area contributed by atoms with Crippen molar-refractivity contribution in [1.82, 2.24) is 0 Å². The molecule has 0 radical (unpaired) electrons. The normalized spacial score (nSPS) is 14.6. The molecule has 1 fully saturated rings. The smallest absolute Gasteiger partial charge is 0.192 e. The Labute approximate surface area is 102 Å². The zero-order chi connectivity index (χ0) is 12.1. The Kier molecular flexibility index (Phi) is 4.15. The third-order valence-corrected chi connectivity index (χ3v) is 3.01. The quantitative estimate of drug-likeness (QED) is 0.537. The zero-order valence-corrected chi connectivity index (χ0v) is 10.1. The van der Waals surface area contributed by atoms with Gasteiger partial charge in [0, 0.05) is 6.61 Å². The first kappa shape index (κ1) is 12.1. The molecule has 0 amide bonds. The fourth-order valence-electron chi connectivity index (χ4n) is 1.77. The number of ether oxygens (including phenoxy) is 2. The molecular formula is C14H18O3. The van der Waals surface area contributed by atoms with E-state index in [9.17, 15) is 4.79 Å². The Bertz CT molecular complexity index is 383. The monoisotopic (exact) mass is 234 g/mol. The zero-order valence-electron chi connectivity index (χ0n) is 10.1. The van der Waals surface area contributed by atoms with Crippen LogP contribution in [0.2, 0.25) is 0 Å². The van der Waals surface area contributed by atoms with Gasteiger partial charge in [-0.3, -0.25) is 4.79 Å². The van der Waals surface area contributed by atoms with Crippen molar-refractivity contribution in [2.75, 3.05) is 20.3 Å². The Morgan fingerprint density at radius 1 is 1.35 bits per heavy atom. The first-order valence-electron chi connectivity index (χ1n) is 6.05. The van der Waals surface area contributed by atoms with Crippen LogP contribution in [0.25, 0.3) is 0 Å². The molecule has 0 spiro atoms. The highest BCUT2D eigenvalue weighted by Gasteiger charge is 2.20. The minimum absolute atomic E-state index is 0.0155. The molecular weight excluding hydrogens is 216 g/mol. The molecule has 0 heterocycles. The Hall–Kier alpha value is -1.35. The molecule has 92 valence electrons. The van der Waals surface area contributed by atoms with Crippen LogP contribution in [0.5, 0.6) is 5.75 Å². The van der Waals surface area contributed by atoms with E-state index in [4.69, 9.17) is 9.47 Å². The lowest BCUT2D eigenvalue weighted by Gasteiger charge is -2.07. The summed E-state index contributed by atoms with van der Waals surface area (Å²) in [5.41, 5.74) is 0.599. The van der Waals surface area contributed by atoms with Gasteiger partial charge in [-0.1, -0.05) is 25.0 Å². The van der Waals surface area contributed by atoms with Crippen LogP contribution in [-0.2, 0) is 4.74 Å². The summed E-state index contributed by atoms with van der Waals surface area (Å²) in [6.07, 6.45) is 3.73. The highest BCUT2D eigenvalue weighted by Crippen LogP contribution is 2.32. The molecule has 17 heavy (non-hydrogen) atoms. The number of carbonyl (C=O) groups is 1. The van der Waals surface area contributed by atoms with E-state index in [2.05, 4.69) is 0 Å². The summed E-state index contributed by atoms with van der Waals surface area (Å²) >= 11 is 0. The first-order valence-corrected chi connectivity index (χ1v) is 6.05. The Balaban J connectivity index is 1.80. The fourth-order valence-corrected chi connectivity index (χ4v) is 1.77. The summed E-state index contributed by atoms with van der Waals surface area (Å²) < 4.78 is 10.5. The van der Waals surface area contributed by atoms with Crippen LogP contribution in [0.3, 0.4) is 0 Å². The summed E-state index contributed by atoms with van der Waals surface area (Å²) in [5, 5.41) is 0. The van der Waals surface area contributed by atoms with Crippen LogP contribution in [0.4, 0.5) is 0 Å². The van der Waals surface area contributed by atoms with Crippen molar-refractivity contribution in [2.45, 2.75) is 19.3 Å². The van der Waals surface area contributed by atoms with Crippen molar-refractivity contribution in [3.05, 3.63) is 29.8 Å². The number of hydrogen-bond acceptors (Lipinski definition) is 3. The number of Topliss-reactive ketones (excluding diaryl/α,β-unsaturated/α-hetero) is 1. The van der Waals surface area contributed by atoms with Gasteiger partial charge in [0.05, 0.1) is 12.7 Å². The molecule has 1 aliphatic rings. The van der Waals surface area contributed by atoms with E-state index in [1.807, 2.05) is 12.1 Å². The van der Waals surface area contributed by atoms with Crippen LogP contribution < -0.4 is 4.74 Å². The van der Waals surface area contributed by atoms with Gasteiger partial charge in [-0.15, -0.1) is 0 Å². The van der Waals surface area contributed by atoms with Crippen molar-refractivity contribution in [3.8, 4) is 5.75 Å². The Morgan fingerprint density at radius 3 is 2.82 bits per heavy atom. The van der Waals surface area contributed by atoms with Gasteiger partial charge in [-0.2, -0.15) is 0 Å². The van der Waals surface area contributed by atoms with Gasteiger partial charge in [0.1, 0.15) is 12.4 Å². The van der Waals surface area contributed by atoms with E-state index in [0.29, 0.717) is 17.9 Å². The minimum atomic E-state index is -0.0155. The van der Waals surface area contributed by atoms with Gasteiger partial charge in [-0.05, 0) is 24.5 Å². The highest BCUT2D eigenvalue weighted by molar-refractivity contribution is 5.99. The molecule has 1 saturated carbocycles. The predicted octanol–water partition coefficient (Wildman–Crippen LogP) is 2.69. The second-order valence-corrected chi connectivity index (χ2v) is 4.41. The van der Waals surface area contributed by atoms with Crippen molar-refractivity contribution in [1.29, 1.82) is 0 Å². The van der Waals surface area contributed by atoms with E-state index in [1.165, 1.54) is 12.8 Å². The molecule has 3 heteroatoms. The van der Waals surface area contributed by atoms with E-state index in [0.717, 1.165) is 12.3 Å². The molecule has 0 saturated heterocycles. The van der Waals surface area contributed by atoms with Crippen LogP contribution in [0.1, 0.15) is 29.6 Å². The summed E-state index contributed by atoms with van der Waals surface area (Å²) in [4.78, 5) is 11.9. The number of carbonyl (C=O) groups excluding carboxylic acids is 1. The third-order valence-electron chi connectivity index (χ3n) is 3.01. The number of ketones is 1. The summed E-state index contributed by atoms with van der Waals surface area (Å²) in [7, 11) is 1.57. The molecule has 2 rings (SSSR count). The fraction of sp³-hybridized carbons (Fsp3) is 0.500. The predicted molar refractivity (Wildman–Crippen MR) is 65.5 cm³/mol. The van der Waals surface area contributed by atoms with Gasteiger partial charge in [0.25, 0.3) is 0 Å². The molecule has 0 atom stereocenters. The number of rotatable bonds is 7.